The molecule has 6 nitrogen and oxygen atoms in total. The summed E-state index contributed by atoms with van der Waals surface area (Å²) in [5, 5.41) is 8.96. The van der Waals surface area contributed by atoms with E-state index in [1.165, 1.54) is 51.4 Å². The lowest BCUT2D eigenvalue weighted by molar-refractivity contribution is -0.252. The van der Waals surface area contributed by atoms with Crippen LogP contribution in [-0.2, 0) is 23.9 Å². The molecule has 0 aromatic rings. The lowest BCUT2D eigenvalue weighted by Gasteiger charge is -2.73. The van der Waals surface area contributed by atoms with Crippen LogP contribution in [0.5, 0.6) is 0 Å². The van der Waals surface area contributed by atoms with Gasteiger partial charge < -0.3 is 14.6 Å². The summed E-state index contributed by atoms with van der Waals surface area (Å²) >= 11 is 0. The summed E-state index contributed by atoms with van der Waals surface area (Å²) in [6.45, 7) is 19.5. The van der Waals surface area contributed by atoms with Gasteiger partial charge in [-0.05, 0) is 128 Å². The summed E-state index contributed by atoms with van der Waals surface area (Å²) in [6.07, 6.45) is 12.9. The van der Waals surface area contributed by atoms with Crippen molar-refractivity contribution in [2.75, 3.05) is 6.61 Å². The number of carboxylic acids is 1. The number of aliphatic carboxylic acids is 1. The largest absolute Gasteiger partial charge is 0.481 e. The third-order valence-electron chi connectivity index (χ3n) is 15.2. The lowest BCUT2D eigenvalue weighted by atomic mass is 9.32. The van der Waals surface area contributed by atoms with Crippen LogP contribution < -0.4 is 0 Å². The zero-order valence-electron chi connectivity index (χ0n) is 28.4. The summed E-state index contributed by atoms with van der Waals surface area (Å²) in [6, 6.07) is 0. The van der Waals surface area contributed by atoms with E-state index in [9.17, 15) is 14.4 Å². The van der Waals surface area contributed by atoms with Gasteiger partial charge in [-0.15, -0.1) is 0 Å². The molecule has 0 heterocycles. The third-order valence-corrected chi connectivity index (χ3v) is 15.2. The number of ether oxygens (including phenoxy) is 2. The highest BCUT2D eigenvalue weighted by atomic mass is 16.5. The van der Waals surface area contributed by atoms with Crippen LogP contribution in [0.25, 0.3) is 0 Å². The van der Waals surface area contributed by atoms with E-state index in [-0.39, 0.29) is 58.0 Å². The minimum absolute atomic E-state index is 0.0122. The Morgan fingerprint density at radius 2 is 1.53 bits per heavy atom. The van der Waals surface area contributed by atoms with Gasteiger partial charge in [-0.1, -0.05) is 48.5 Å². The van der Waals surface area contributed by atoms with E-state index in [4.69, 9.17) is 14.6 Å². The zero-order chi connectivity index (χ0) is 31.6. The molecule has 0 aromatic carbocycles. The molecular weight excluding hydrogens is 540 g/mol. The fourth-order valence-electron chi connectivity index (χ4n) is 13.0. The summed E-state index contributed by atoms with van der Waals surface area (Å²) in [5.74, 6) is 2.45. The van der Waals surface area contributed by atoms with Gasteiger partial charge in [0.2, 0.25) is 0 Å². The van der Waals surface area contributed by atoms with Crippen LogP contribution in [0.15, 0.2) is 0 Å². The smallest absolute Gasteiger partial charge is 0.306 e. The van der Waals surface area contributed by atoms with Crippen molar-refractivity contribution in [3.8, 4) is 0 Å². The topological polar surface area (TPSA) is 89.9 Å². The van der Waals surface area contributed by atoms with Gasteiger partial charge in [0, 0.05) is 12.3 Å². The van der Waals surface area contributed by atoms with Crippen LogP contribution in [0.3, 0.4) is 0 Å². The standard InChI is InChI=1S/C37H60O6/c1-23(2)25-13-18-37(21-22-42-31(41)12-11-30(39)40)20-19-35(7)26(32(25)37)9-10-28-34(6)16-15-29(43-24(3)38)33(4,5)27(34)14-17-36(28,35)8/h23,25-29,32H,9-22H2,1-8H3,(H,39,40)/t25-,26+,27-,28+,29-,32-,34-,35+,36+,37+/m0/s1. The maximum atomic E-state index is 12.3. The molecule has 0 spiro atoms. The van der Waals surface area contributed by atoms with Gasteiger partial charge in [0.15, 0.2) is 0 Å². The second kappa shape index (κ2) is 11.3. The average molecular weight is 601 g/mol. The van der Waals surface area contributed by atoms with E-state index in [0.717, 1.165) is 19.3 Å². The monoisotopic (exact) mass is 600 g/mol. The normalized spacial score (nSPS) is 44.9. The molecule has 5 fully saturated rings. The summed E-state index contributed by atoms with van der Waals surface area (Å²) in [7, 11) is 0. The molecule has 6 heteroatoms. The molecule has 0 amide bonds. The van der Waals surface area contributed by atoms with Crippen molar-refractivity contribution in [3.63, 3.8) is 0 Å². The first kappa shape index (κ1) is 32.8. The number of hydrogen-bond donors (Lipinski definition) is 1. The van der Waals surface area contributed by atoms with Crippen LogP contribution in [0.2, 0.25) is 0 Å². The van der Waals surface area contributed by atoms with Crippen molar-refractivity contribution in [2.24, 2.45) is 62.6 Å². The minimum Gasteiger partial charge on any atom is -0.481 e. The summed E-state index contributed by atoms with van der Waals surface area (Å²) in [5.41, 5.74) is 1.03. The van der Waals surface area contributed by atoms with Crippen molar-refractivity contribution >= 4 is 17.9 Å². The highest BCUT2D eigenvalue weighted by Crippen LogP contribution is 2.78. The SMILES string of the molecule is CC(=O)O[C@H]1CC[C@]2(C)[C@H]3CC[C@@H]4[C@@H]5[C@H](C(C)C)CC[C@]5(CCOC(=O)CCC(=O)O)CC[C@@]4(C)[C@]3(C)CC[C@H]2C1(C)C. The average Bonchev–Trinajstić information content (AvgIpc) is 3.29. The summed E-state index contributed by atoms with van der Waals surface area (Å²) in [4.78, 5) is 35.2. The number of carbonyl (C=O) groups excluding carboxylic acids is 2. The predicted octanol–water partition coefficient (Wildman–Crippen LogP) is 8.45. The molecule has 0 bridgehead atoms. The van der Waals surface area contributed by atoms with Crippen LogP contribution in [0.4, 0.5) is 0 Å². The second-order valence-corrected chi connectivity index (χ2v) is 17.3. The summed E-state index contributed by atoms with van der Waals surface area (Å²) < 4.78 is 11.6. The number of carboxylic acid groups (broad SMARTS) is 1. The van der Waals surface area contributed by atoms with Gasteiger partial charge in [-0.25, -0.2) is 0 Å². The molecule has 43 heavy (non-hydrogen) atoms. The van der Waals surface area contributed by atoms with E-state index < -0.39 is 5.97 Å². The van der Waals surface area contributed by atoms with E-state index >= 15 is 0 Å². The maximum Gasteiger partial charge on any atom is 0.306 e. The van der Waals surface area contributed by atoms with Gasteiger partial charge >= 0.3 is 17.9 Å². The van der Waals surface area contributed by atoms with Crippen LogP contribution in [0, 0.1) is 62.6 Å². The third kappa shape index (κ3) is 5.17. The molecule has 10 atom stereocenters. The molecule has 5 saturated carbocycles. The van der Waals surface area contributed by atoms with E-state index in [0.29, 0.717) is 42.1 Å². The Bertz CT molecular complexity index is 1100. The molecule has 5 rings (SSSR count). The fraction of sp³-hybridized carbons (Fsp3) is 0.919. The fourth-order valence-corrected chi connectivity index (χ4v) is 13.0. The van der Waals surface area contributed by atoms with E-state index in [1.54, 1.807) is 6.92 Å². The van der Waals surface area contributed by atoms with Crippen molar-refractivity contribution in [1.29, 1.82) is 0 Å². The molecule has 0 aromatic heterocycles. The van der Waals surface area contributed by atoms with Crippen LogP contribution in [0.1, 0.15) is 139 Å². The molecule has 0 saturated heterocycles. The number of fused-ring (bicyclic) bond motifs is 7. The lowest BCUT2D eigenvalue weighted by Crippen LogP contribution is -2.66. The number of hydrogen-bond acceptors (Lipinski definition) is 5. The van der Waals surface area contributed by atoms with Crippen molar-refractivity contribution in [3.05, 3.63) is 0 Å². The Morgan fingerprint density at radius 3 is 2.19 bits per heavy atom. The number of esters is 2. The Hall–Kier alpha value is -1.59. The Morgan fingerprint density at radius 1 is 0.814 bits per heavy atom. The first-order valence-electron chi connectivity index (χ1n) is 17.6. The Balaban J connectivity index is 1.40. The molecule has 5 aliphatic rings. The number of carbonyl (C=O) groups is 3. The first-order valence-corrected chi connectivity index (χ1v) is 17.6. The minimum atomic E-state index is -0.953. The van der Waals surface area contributed by atoms with Gasteiger partial charge in [-0.3, -0.25) is 14.4 Å². The van der Waals surface area contributed by atoms with Gasteiger partial charge in [0.05, 0.1) is 19.4 Å². The molecule has 244 valence electrons. The number of rotatable bonds is 8. The molecule has 5 aliphatic carbocycles. The molecule has 0 aliphatic heterocycles. The molecule has 1 N–H and O–H groups in total. The van der Waals surface area contributed by atoms with E-state index in [2.05, 4.69) is 48.5 Å². The van der Waals surface area contributed by atoms with Crippen molar-refractivity contribution in [1.82, 2.24) is 0 Å². The molecule has 0 unspecified atom stereocenters. The quantitative estimate of drug-likeness (QED) is 0.281. The van der Waals surface area contributed by atoms with Crippen molar-refractivity contribution in [2.45, 2.75) is 145 Å². The molecular formula is C37H60O6. The van der Waals surface area contributed by atoms with Gasteiger partial charge in [-0.2, -0.15) is 0 Å². The maximum absolute atomic E-state index is 12.3. The van der Waals surface area contributed by atoms with Gasteiger partial charge in [0.1, 0.15) is 6.10 Å². The van der Waals surface area contributed by atoms with Crippen LogP contribution >= 0.6 is 0 Å². The molecule has 0 radical (unpaired) electrons. The Labute approximate surface area is 260 Å². The van der Waals surface area contributed by atoms with Crippen molar-refractivity contribution < 1.29 is 29.0 Å². The first-order chi connectivity index (χ1) is 20.0. The Kier molecular flexibility index (Phi) is 8.64. The predicted molar refractivity (Wildman–Crippen MR) is 167 cm³/mol. The van der Waals surface area contributed by atoms with Crippen LogP contribution in [-0.4, -0.2) is 35.7 Å². The van der Waals surface area contributed by atoms with Gasteiger partial charge in [0.25, 0.3) is 0 Å². The highest BCUT2D eigenvalue weighted by Gasteiger charge is 2.71. The zero-order valence-corrected chi connectivity index (χ0v) is 28.4. The highest BCUT2D eigenvalue weighted by molar-refractivity contribution is 5.76. The van der Waals surface area contributed by atoms with E-state index in [1.807, 2.05) is 0 Å². The second-order valence-electron chi connectivity index (χ2n) is 17.3.